The Bertz CT molecular complexity index is 1360. The van der Waals surface area contributed by atoms with Crippen molar-refractivity contribution >= 4 is 21.8 Å². The molecule has 0 aliphatic heterocycles. The van der Waals surface area contributed by atoms with Gasteiger partial charge in [0.2, 0.25) is 15.9 Å². The zero-order valence-corrected chi connectivity index (χ0v) is 25.5. The molecular weight excluding hydrogens is 550 g/mol. The van der Waals surface area contributed by atoms with E-state index in [4.69, 9.17) is 0 Å². The van der Waals surface area contributed by atoms with Crippen LogP contribution in [0, 0.1) is 12.8 Å². The van der Waals surface area contributed by atoms with Crippen molar-refractivity contribution in [3.05, 3.63) is 102 Å². The summed E-state index contributed by atoms with van der Waals surface area (Å²) in [5.41, 5.74) is 2.37. The van der Waals surface area contributed by atoms with E-state index in [0.717, 1.165) is 11.1 Å². The fourth-order valence-electron chi connectivity index (χ4n) is 4.71. The molecule has 0 spiro atoms. The van der Waals surface area contributed by atoms with Crippen LogP contribution in [0.25, 0.3) is 0 Å². The molecule has 0 aliphatic carbocycles. The maximum atomic E-state index is 13.5. The standard InChI is InChI=1S/C33H43N3O5S/c1-25(2)23-36(42(40,41)30-19-17-26(3)18-20-30)29(24-37)16-10-11-21-34-33(39)31(22-27-12-6-4-7-13-27)35-32(38)28-14-8-5-9-15-28/h4-9,12-15,17-20,25,29,31,37H,10-11,16,21-24H2,1-3H3,(H,34,39)(H,35,38)/t29-,31-/m0/s1. The van der Waals surface area contributed by atoms with Crippen LogP contribution in [0.5, 0.6) is 0 Å². The predicted octanol–water partition coefficient (Wildman–Crippen LogP) is 4.33. The van der Waals surface area contributed by atoms with E-state index < -0.39 is 22.1 Å². The van der Waals surface area contributed by atoms with Crippen LogP contribution >= 0.6 is 0 Å². The first kappa shape index (κ1) is 33.0. The van der Waals surface area contributed by atoms with Gasteiger partial charge in [-0.1, -0.05) is 86.5 Å². The van der Waals surface area contributed by atoms with Gasteiger partial charge in [0, 0.05) is 31.1 Å². The Hall–Kier alpha value is -3.53. The lowest BCUT2D eigenvalue weighted by Crippen LogP contribution is -2.48. The van der Waals surface area contributed by atoms with Crippen molar-refractivity contribution < 1.29 is 23.1 Å². The highest BCUT2D eigenvalue weighted by Crippen LogP contribution is 2.23. The van der Waals surface area contributed by atoms with E-state index in [-0.39, 0.29) is 29.2 Å². The molecule has 226 valence electrons. The Morgan fingerprint density at radius 3 is 2.10 bits per heavy atom. The number of sulfonamides is 1. The normalized spacial score (nSPS) is 13.1. The van der Waals surface area contributed by atoms with Crippen LogP contribution in [-0.4, -0.2) is 61.4 Å². The van der Waals surface area contributed by atoms with E-state index >= 15 is 0 Å². The lowest BCUT2D eigenvalue weighted by atomic mass is 10.0. The highest BCUT2D eigenvalue weighted by molar-refractivity contribution is 7.89. The average Bonchev–Trinajstić information content (AvgIpc) is 2.98. The van der Waals surface area contributed by atoms with Crippen LogP contribution in [0.3, 0.4) is 0 Å². The monoisotopic (exact) mass is 593 g/mol. The first-order valence-corrected chi connectivity index (χ1v) is 15.9. The van der Waals surface area contributed by atoms with Gasteiger partial charge in [-0.3, -0.25) is 9.59 Å². The van der Waals surface area contributed by atoms with Gasteiger partial charge in [0.15, 0.2) is 0 Å². The molecule has 0 heterocycles. The zero-order valence-electron chi connectivity index (χ0n) is 24.7. The number of aryl methyl sites for hydroxylation is 1. The van der Waals surface area contributed by atoms with E-state index in [1.54, 1.807) is 48.5 Å². The molecule has 3 N–H and O–H groups in total. The third kappa shape index (κ3) is 9.79. The number of carbonyl (C=O) groups excluding carboxylic acids is 2. The molecule has 9 heteroatoms. The zero-order chi connectivity index (χ0) is 30.5. The van der Waals surface area contributed by atoms with Gasteiger partial charge in [0.05, 0.1) is 11.5 Å². The van der Waals surface area contributed by atoms with Crippen molar-refractivity contribution in [1.29, 1.82) is 0 Å². The molecule has 0 aromatic heterocycles. The number of amides is 2. The molecule has 0 radical (unpaired) electrons. The number of benzene rings is 3. The average molecular weight is 594 g/mol. The second kappa shape index (κ2) is 16.2. The van der Waals surface area contributed by atoms with Gasteiger partial charge in [0.25, 0.3) is 5.91 Å². The molecule has 8 nitrogen and oxygen atoms in total. The summed E-state index contributed by atoms with van der Waals surface area (Å²) in [6.07, 6.45) is 1.98. The van der Waals surface area contributed by atoms with Crippen LogP contribution in [-0.2, 0) is 21.2 Å². The molecule has 0 aliphatic rings. The van der Waals surface area contributed by atoms with Gasteiger partial charge in [-0.05, 0) is 55.5 Å². The minimum absolute atomic E-state index is 0.0752. The van der Waals surface area contributed by atoms with Crippen LogP contribution in [0.15, 0.2) is 89.8 Å². The number of aliphatic hydroxyl groups is 1. The van der Waals surface area contributed by atoms with Gasteiger partial charge < -0.3 is 15.7 Å². The molecule has 0 bridgehead atoms. The number of nitrogens with zero attached hydrogens (tertiary/aromatic N) is 1. The summed E-state index contributed by atoms with van der Waals surface area (Å²) in [5, 5.41) is 16.0. The van der Waals surface area contributed by atoms with E-state index in [9.17, 15) is 23.1 Å². The van der Waals surface area contributed by atoms with Gasteiger partial charge in [-0.15, -0.1) is 0 Å². The van der Waals surface area contributed by atoms with E-state index in [1.165, 1.54) is 4.31 Å². The predicted molar refractivity (Wildman–Crippen MR) is 165 cm³/mol. The minimum Gasteiger partial charge on any atom is -0.395 e. The minimum atomic E-state index is -3.79. The first-order chi connectivity index (χ1) is 20.1. The Labute approximate surface area is 250 Å². The topological polar surface area (TPSA) is 116 Å². The number of carbonyl (C=O) groups is 2. The molecular formula is C33H43N3O5S. The van der Waals surface area contributed by atoms with Crippen molar-refractivity contribution in [2.24, 2.45) is 5.92 Å². The molecule has 3 aromatic carbocycles. The molecule has 0 saturated carbocycles. The molecule has 3 rings (SSSR count). The number of nitrogens with one attached hydrogen (secondary N) is 2. The molecule has 42 heavy (non-hydrogen) atoms. The second-order valence-electron chi connectivity index (χ2n) is 11.0. The highest BCUT2D eigenvalue weighted by Gasteiger charge is 2.31. The summed E-state index contributed by atoms with van der Waals surface area (Å²) in [6.45, 7) is 6.15. The summed E-state index contributed by atoms with van der Waals surface area (Å²) in [6, 6.07) is 23.7. The molecule has 2 atom stereocenters. The van der Waals surface area contributed by atoms with Crippen molar-refractivity contribution in [3.8, 4) is 0 Å². The van der Waals surface area contributed by atoms with E-state index in [1.807, 2.05) is 57.2 Å². The molecule has 2 amide bonds. The lowest BCUT2D eigenvalue weighted by molar-refractivity contribution is -0.122. The van der Waals surface area contributed by atoms with Crippen LogP contribution in [0.1, 0.15) is 54.6 Å². The van der Waals surface area contributed by atoms with E-state index in [2.05, 4.69) is 10.6 Å². The Morgan fingerprint density at radius 1 is 0.881 bits per heavy atom. The fraction of sp³-hybridized carbons (Fsp3) is 0.394. The van der Waals surface area contributed by atoms with Crippen molar-refractivity contribution in [2.45, 2.75) is 63.4 Å². The van der Waals surface area contributed by atoms with Gasteiger partial charge in [0.1, 0.15) is 6.04 Å². The Kier molecular flexibility index (Phi) is 12.7. The third-order valence-electron chi connectivity index (χ3n) is 6.99. The number of aliphatic hydroxyl groups excluding tert-OH is 1. The first-order valence-electron chi connectivity index (χ1n) is 14.5. The number of hydrogen-bond acceptors (Lipinski definition) is 5. The van der Waals surface area contributed by atoms with Crippen LogP contribution < -0.4 is 10.6 Å². The summed E-state index contributed by atoms with van der Waals surface area (Å²) >= 11 is 0. The molecule has 0 unspecified atom stereocenters. The van der Waals surface area contributed by atoms with Crippen LogP contribution in [0.2, 0.25) is 0 Å². The summed E-state index contributed by atoms with van der Waals surface area (Å²) in [5.74, 6) is -0.533. The van der Waals surface area contributed by atoms with Crippen molar-refractivity contribution in [1.82, 2.24) is 14.9 Å². The number of hydrogen-bond donors (Lipinski definition) is 3. The SMILES string of the molecule is Cc1ccc(S(=O)(=O)N(CC(C)C)[C@H](CO)CCCCNC(=O)[C@H](Cc2ccccc2)NC(=O)c2ccccc2)cc1. The largest absolute Gasteiger partial charge is 0.395 e. The number of rotatable bonds is 16. The van der Waals surface area contributed by atoms with Crippen molar-refractivity contribution in [2.75, 3.05) is 19.7 Å². The summed E-state index contributed by atoms with van der Waals surface area (Å²) < 4.78 is 28.4. The molecule has 0 fully saturated rings. The second-order valence-corrected chi connectivity index (χ2v) is 12.9. The fourth-order valence-corrected chi connectivity index (χ4v) is 6.52. The van der Waals surface area contributed by atoms with Gasteiger partial charge in [-0.25, -0.2) is 8.42 Å². The highest BCUT2D eigenvalue weighted by atomic mass is 32.2. The van der Waals surface area contributed by atoms with E-state index in [0.29, 0.717) is 44.3 Å². The summed E-state index contributed by atoms with van der Waals surface area (Å²) in [7, 11) is -3.79. The maximum Gasteiger partial charge on any atom is 0.251 e. The third-order valence-corrected chi connectivity index (χ3v) is 8.93. The van der Waals surface area contributed by atoms with Crippen molar-refractivity contribution in [3.63, 3.8) is 0 Å². The molecule has 3 aromatic rings. The Balaban J connectivity index is 1.59. The van der Waals surface area contributed by atoms with Crippen LogP contribution in [0.4, 0.5) is 0 Å². The van der Waals surface area contributed by atoms with Gasteiger partial charge >= 0.3 is 0 Å². The summed E-state index contributed by atoms with van der Waals surface area (Å²) in [4.78, 5) is 26.2. The maximum absolute atomic E-state index is 13.5. The Morgan fingerprint density at radius 2 is 1.50 bits per heavy atom. The number of unbranched alkanes of at least 4 members (excludes halogenated alkanes) is 1. The smallest absolute Gasteiger partial charge is 0.251 e. The quantitative estimate of drug-likeness (QED) is 0.214. The molecule has 0 saturated heterocycles. The lowest BCUT2D eigenvalue weighted by Gasteiger charge is -2.31. The van der Waals surface area contributed by atoms with Gasteiger partial charge in [-0.2, -0.15) is 4.31 Å².